The van der Waals surface area contributed by atoms with Crippen LogP contribution in [0.25, 0.3) is 0 Å². The minimum atomic E-state index is -4.65. The summed E-state index contributed by atoms with van der Waals surface area (Å²) in [6.45, 7) is 2.78. The lowest BCUT2D eigenvalue weighted by atomic mass is 10.2. The Labute approximate surface area is 91.1 Å². The van der Waals surface area contributed by atoms with Crippen LogP contribution in [0.3, 0.4) is 0 Å². The molecule has 1 N–H and O–H groups in total. The van der Waals surface area contributed by atoms with E-state index in [0.29, 0.717) is 13.2 Å². The first-order valence-corrected chi connectivity index (χ1v) is 4.70. The SMILES string of the molecule is CCONCc1ccc(OC(F)(F)F)cc1. The maximum atomic E-state index is 11.8. The van der Waals surface area contributed by atoms with Gasteiger partial charge in [0.2, 0.25) is 0 Å². The zero-order valence-corrected chi connectivity index (χ0v) is 8.67. The Morgan fingerprint density at radius 3 is 2.31 bits per heavy atom. The molecule has 0 spiro atoms. The van der Waals surface area contributed by atoms with Crippen molar-refractivity contribution in [3.8, 4) is 5.75 Å². The van der Waals surface area contributed by atoms with E-state index < -0.39 is 6.36 Å². The van der Waals surface area contributed by atoms with E-state index in [2.05, 4.69) is 10.2 Å². The van der Waals surface area contributed by atoms with Crippen molar-refractivity contribution in [3.63, 3.8) is 0 Å². The Bertz CT molecular complexity index is 311. The molecule has 3 nitrogen and oxygen atoms in total. The molecule has 1 aromatic rings. The molecule has 16 heavy (non-hydrogen) atoms. The number of halogens is 3. The molecule has 0 amide bonds. The van der Waals surface area contributed by atoms with Crippen molar-refractivity contribution < 1.29 is 22.7 Å². The lowest BCUT2D eigenvalue weighted by Crippen LogP contribution is -2.17. The largest absolute Gasteiger partial charge is 0.573 e. The van der Waals surface area contributed by atoms with Crippen LogP contribution in [0.5, 0.6) is 5.75 Å². The number of rotatable bonds is 5. The Kier molecular flexibility index (Phi) is 4.57. The third-order valence-electron chi connectivity index (χ3n) is 1.68. The third-order valence-corrected chi connectivity index (χ3v) is 1.68. The predicted molar refractivity (Wildman–Crippen MR) is 51.6 cm³/mol. The van der Waals surface area contributed by atoms with Gasteiger partial charge in [0.05, 0.1) is 6.61 Å². The summed E-state index contributed by atoms with van der Waals surface area (Å²) in [7, 11) is 0. The highest BCUT2D eigenvalue weighted by molar-refractivity contribution is 5.27. The van der Waals surface area contributed by atoms with E-state index in [-0.39, 0.29) is 5.75 Å². The molecular weight excluding hydrogens is 223 g/mol. The van der Waals surface area contributed by atoms with Crippen LogP contribution in [0.2, 0.25) is 0 Å². The predicted octanol–water partition coefficient (Wildman–Crippen LogP) is 2.63. The summed E-state index contributed by atoms with van der Waals surface area (Å²) < 4.78 is 39.2. The van der Waals surface area contributed by atoms with Crippen molar-refractivity contribution in [2.45, 2.75) is 19.8 Å². The van der Waals surface area contributed by atoms with Crippen LogP contribution in [0, 0.1) is 0 Å². The smallest absolute Gasteiger partial charge is 0.406 e. The maximum Gasteiger partial charge on any atom is 0.573 e. The second-order valence-electron chi connectivity index (χ2n) is 2.95. The second-order valence-corrected chi connectivity index (χ2v) is 2.95. The van der Waals surface area contributed by atoms with Gasteiger partial charge in [-0.05, 0) is 24.6 Å². The lowest BCUT2D eigenvalue weighted by Gasteiger charge is -2.09. The van der Waals surface area contributed by atoms with Gasteiger partial charge in [-0.1, -0.05) is 12.1 Å². The number of ether oxygens (including phenoxy) is 1. The van der Waals surface area contributed by atoms with Crippen LogP contribution >= 0.6 is 0 Å². The Morgan fingerprint density at radius 1 is 1.19 bits per heavy atom. The van der Waals surface area contributed by atoms with Gasteiger partial charge in [-0.25, -0.2) is 0 Å². The molecule has 1 aromatic carbocycles. The van der Waals surface area contributed by atoms with Crippen LogP contribution in [-0.2, 0) is 11.4 Å². The van der Waals surface area contributed by atoms with Gasteiger partial charge in [0.1, 0.15) is 5.75 Å². The number of hydrogen-bond donors (Lipinski definition) is 1. The molecule has 0 saturated heterocycles. The van der Waals surface area contributed by atoms with Crippen molar-refractivity contribution in [1.82, 2.24) is 5.48 Å². The van der Waals surface area contributed by atoms with Crippen molar-refractivity contribution in [2.75, 3.05) is 6.61 Å². The van der Waals surface area contributed by atoms with Crippen molar-refractivity contribution >= 4 is 0 Å². The molecular formula is C10H12F3NO2. The van der Waals surface area contributed by atoms with E-state index >= 15 is 0 Å². The highest BCUT2D eigenvalue weighted by atomic mass is 19.4. The highest BCUT2D eigenvalue weighted by Crippen LogP contribution is 2.22. The summed E-state index contributed by atoms with van der Waals surface area (Å²) in [4.78, 5) is 4.89. The Morgan fingerprint density at radius 2 is 1.81 bits per heavy atom. The first-order chi connectivity index (χ1) is 7.51. The molecule has 90 valence electrons. The van der Waals surface area contributed by atoms with Gasteiger partial charge in [0.15, 0.2) is 0 Å². The summed E-state index contributed by atoms with van der Waals surface area (Å²) in [6.07, 6.45) is -4.65. The van der Waals surface area contributed by atoms with Gasteiger partial charge in [-0.15, -0.1) is 13.2 Å². The average Bonchev–Trinajstić information content (AvgIpc) is 2.19. The Hall–Kier alpha value is -1.27. The molecule has 6 heteroatoms. The van der Waals surface area contributed by atoms with Crippen molar-refractivity contribution in [1.29, 1.82) is 0 Å². The molecule has 0 fully saturated rings. The normalized spacial score (nSPS) is 11.5. The minimum Gasteiger partial charge on any atom is -0.406 e. The van der Waals surface area contributed by atoms with Gasteiger partial charge in [0, 0.05) is 6.54 Å². The molecule has 0 bridgehead atoms. The van der Waals surface area contributed by atoms with Gasteiger partial charge in [-0.3, -0.25) is 0 Å². The van der Waals surface area contributed by atoms with E-state index in [4.69, 9.17) is 4.84 Å². The van der Waals surface area contributed by atoms with Crippen LogP contribution < -0.4 is 10.2 Å². The fourth-order valence-corrected chi connectivity index (χ4v) is 1.05. The summed E-state index contributed by atoms with van der Waals surface area (Å²) in [5.74, 6) is -0.229. The van der Waals surface area contributed by atoms with Crippen LogP contribution in [0.4, 0.5) is 13.2 Å². The lowest BCUT2D eigenvalue weighted by molar-refractivity contribution is -0.274. The van der Waals surface area contributed by atoms with E-state index in [9.17, 15) is 13.2 Å². The first-order valence-electron chi connectivity index (χ1n) is 4.70. The fourth-order valence-electron chi connectivity index (χ4n) is 1.05. The van der Waals surface area contributed by atoms with E-state index in [1.165, 1.54) is 24.3 Å². The molecule has 0 saturated carbocycles. The molecule has 0 unspecified atom stereocenters. The molecule has 0 heterocycles. The molecule has 0 radical (unpaired) electrons. The fraction of sp³-hybridized carbons (Fsp3) is 0.400. The third kappa shape index (κ3) is 4.99. The zero-order valence-electron chi connectivity index (χ0n) is 8.67. The van der Waals surface area contributed by atoms with Crippen LogP contribution in [-0.4, -0.2) is 13.0 Å². The summed E-state index contributed by atoms with van der Waals surface area (Å²) >= 11 is 0. The Balaban J connectivity index is 2.48. The van der Waals surface area contributed by atoms with Gasteiger partial charge >= 0.3 is 6.36 Å². The number of hydroxylamine groups is 1. The zero-order chi connectivity index (χ0) is 12.0. The molecule has 0 aliphatic rings. The summed E-state index contributed by atoms with van der Waals surface area (Å²) in [5.41, 5.74) is 3.46. The summed E-state index contributed by atoms with van der Waals surface area (Å²) in [5, 5.41) is 0. The molecule has 0 atom stereocenters. The maximum absolute atomic E-state index is 11.8. The van der Waals surface area contributed by atoms with E-state index in [1.807, 2.05) is 6.92 Å². The number of alkyl halides is 3. The number of benzene rings is 1. The van der Waals surface area contributed by atoms with E-state index in [0.717, 1.165) is 5.56 Å². The van der Waals surface area contributed by atoms with Crippen LogP contribution in [0.15, 0.2) is 24.3 Å². The van der Waals surface area contributed by atoms with Crippen molar-refractivity contribution in [2.24, 2.45) is 0 Å². The number of nitrogens with one attached hydrogen (secondary N) is 1. The molecule has 1 rings (SSSR count). The second kappa shape index (κ2) is 5.72. The van der Waals surface area contributed by atoms with Crippen molar-refractivity contribution in [3.05, 3.63) is 29.8 Å². The van der Waals surface area contributed by atoms with E-state index in [1.54, 1.807) is 0 Å². The first kappa shape index (κ1) is 12.8. The van der Waals surface area contributed by atoms with Gasteiger partial charge in [0.25, 0.3) is 0 Å². The molecule has 0 aliphatic carbocycles. The minimum absolute atomic E-state index is 0.229. The highest BCUT2D eigenvalue weighted by Gasteiger charge is 2.30. The summed E-state index contributed by atoms with van der Waals surface area (Å²) in [6, 6.07) is 5.59. The van der Waals surface area contributed by atoms with Gasteiger partial charge in [-0.2, -0.15) is 5.48 Å². The molecule has 0 aromatic heterocycles. The standard InChI is InChI=1S/C10H12F3NO2/c1-2-15-14-7-8-3-5-9(6-4-8)16-10(11,12)13/h3-6,14H,2,7H2,1H3. The topological polar surface area (TPSA) is 30.5 Å². The monoisotopic (exact) mass is 235 g/mol. The molecule has 0 aliphatic heterocycles. The average molecular weight is 235 g/mol. The van der Waals surface area contributed by atoms with Crippen LogP contribution in [0.1, 0.15) is 12.5 Å². The van der Waals surface area contributed by atoms with Gasteiger partial charge < -0.3 is 9.57 Å². The number of hydrogen-bond acceptors (Lipinski definition) is 3. The quantitative estimate of drug-likeness (QED) is 0.628.